The number of nitrogens with zero attached hydrogens (tertiary/aromatic N) is 1. The van der Waals surface area contributed by atoms with E-state index in [1.165, 1.54) is 4.90 Å². The van der Waals surface area contributed by atoms with Crippen molar-refractivity contribution in [2.75, 3.05) is 20.3 Å². The molecule has 2 aliphatic heterocycles. The first-order valence-electron chi connectivity index (χ1n) is 7.45. The van der Waals surface area contributed by atoms with Gasteiger partial charge in [0.05, 0.1) is 19.8 Å². The van der Waals surface area contributed by atoms with Crippen molar-refractivity contribution < 1.29 is 19.1 Å². The molecule has 0 spiro atoms. The molecule has 3 rings (SSSR count). The van der Waals surface area contributed by atoms with Gasteiger partial charge >= 0.3 is 6.03 Å². The minimum absolute atomic E-state index is 0.0482. The molecular formula is C16H20N2O4. The van der Waals surface area contributed by atoms with E-state index in [0.717, 1.165) is 18.4 Å². The normalized spacial score (nSPS) is 28.1. The molecule has 1 aromatic rings. The third-order valence-electron chi connectivity index (χ3n) is 4.35. The van der Waals surface area contributed by atoms with Crippen LogP contribution in [0.3, 0.4) is 0 Å². The van der Waals surface area contributed by atoms with Gasteiger partial charge in [0.2, 0.25) is 0 Å². The summed E-state index contributed by atoms with van der Waals surface area (Å²) >= 11 is 0. The molecule has 2 atom stereocenters. The molecule has 2 heterocycles. The summed E-state index contributed by atoms with van der Waals surface area (Å²) in [6, 6.07) is 6.80. The maximum Gasteiger partial charge on any atom is 0.325 e. The topological polar surface area (TPSA) is 67.9 Å². The number of nitrogens with one attached hydrogen (secondary N) is 1. The van der Waals surface area contributed by atoms with E-state index in [1.54, 1.807) is 38.3 Å². The molecule has 1 aromatic carbocycles. The molecule has 2 fully saturated rings. The van der Waals surface area contributed by atoms with Crippen LogP contribution in [0.25, 0.3) is 0 Å². The first-order chi connectivity index (χ1) is 10.5. The van der Waals surface area contributed by atoms with Gasteiger partial charge in [-0.1, -0.05) is 12.1 Å². The predicted octanol–water partition coefficient (Wildman–Crippen LogP) is 1.64. The number of carbonyl (C=O) groups is 2. The highest BCUT2D eigenvalue weighted by atomic mass is 16.5. The Balaban J connectivity index is 1.81. The van der Waals surface area contributed by atoms with Crippen molar-refractivity contribution in [2.24, 2.45) is 0 Å². The molecule has 3 amide bonds. The molecule has 22 heavy (non-hydrogen) atoms. The minimum atomic E-state index is -1.04. The first kappa shape index (κ1) is 14.8. The second kappa shape index (κ2) is 5.61. The second-order valence-electron chi connectivity index (χ2n) is 5.83. The fourth-order valence-corrected chi connectivity index (χ4v) is 2.97. The van der Waals surface area contributed by atoms with Crippen molar-refractivity contribution in [2.45, 2.75) is 31.4 Å². The number of benzene rings is 1. The number of urea groups is 1. The van der Waals surface area contributed by atoms with Crippen molar-refractivity contribution in [1.82, 2.24) is 10.2 Å². The zero-order valence-corrected chi connectivity index (χ0v) is 12.8. The maximum atomic E-state index is 12.7. The summed E-state index contributed by atoms with van der Waals surface area (Å²) in [6.45, 7) is 2.74. The van der Waals surface area contributed by atoms with Crippen molar-refractivity contribution in [3.63, 3.8) is 0 Å². The fourth-order valence-electron chi connectivity index (χ4n) is 2.97. The van der Waals surface area contributed by atoms with E-state index in [9.17, 15) is 9.59 Å². The van der Waals surface area contributed by atoms with Gasteiger partial charge in [-0.15, -0.1) is 0 Å². The highest BCUT2D eigenvalue weighted by molar-refractivity contribution is 6.07. The average molecular weight is 304 g/mol. The number of methoxy groups -OCH3 is 1. The van der Waals surface area contributed by atoms with Crippen molar-refractivity contribution in [3.8, 4) is 5.75 Å². The summed E-state index contributed by atoms with van der Waals surface area (Å²) in [5.41, 5.74) is -0.302. The van der Waals surface area contributed by atoms with Crippen LogP contribution < -0.4 is 10.1 Å². The summed E-state index contributed by atoms with van der Waals surface area (Å²) in [4.78, 5) is 26.2. The van der Waals surface area contributed by atoms with E-state index in [1.807, 2.05) is 0 Å². The molecule has 0 bridgehead atoms. The number of hydrogen-bond acceptors (Lipinski definition) is 4. The van der Waals surface area contributed by atoms with Crippen molar-refractivity contribution in [1.29, 1.82) is 0 Å². The van der Waals surface area contributed by atoms with Crippen LogP contribution in [0.1, 0.15) is 25.3 Å². The van der Waals surface area contributed by atoms with Crippen molar-refractivity contribution >= 4 is 11.9 Å². The molecule has 6 heteroatoms. The van der Waals surface area contributed by atoms with Gasteiger partial charge in [0, 0.05) is 6.61 Å². The summed E-state index contributed by atoms with van der Waals surface area (Å²) in [5, 5.41) is 2.80. The fraction of sp³-hybridized carbons (Fsp3) is 0.500. The SMILES string of the molecule is COc1ccc(C2(C)NC(=O)N(CC3CCCO3)C2=O)cc1. The Bertz CT molecular complexity index is 580. The molecule has 118 valence electrons. The highest BCUT2D eigenvalue weighted by Crippen LogP contribution is 2.30. The molecule has 0 aliphatic carbocycles. The number of hydrogen-bond donors (Lipinski definition) is 1. The molecule has 0 radical (unpaired) electrons. The Morgan fingerprint density at radius 1 is 1.36 bits per heavy atom. The van der Waals surface area contributed by atoms with Gasteiger partial charge in [0.15, 0.2) is 0 Å². The number of ether oxygens (including phenoxy) is 2. The maximum absolute atomic E-state index is 12.7. The van der Waals surface area contributed by atoms with Crippen LogP contribution in [-0.2, 0) is 15.1 Å². The number of imide groups is 1. The summed E-state index contributed by atoms with van der Waals surface area (Å²) in [5.74, 6) is 0.471. The van der Waals surface area contributed by atoms with Gasteiger partial charge in [-0.2, -0.15) is 0 Å². The standard InChI is InChI=1S/C16H20N2O4/c1-16(11-5-7-12(21-2)8-6-11)14(19)18(15(20)17-16)10-13-4-3-9-22-13/h5-8,13H,3-4,9-10H2,1-2H3,(H,17,20). The van der Waals surface area contributed by atoms with Crippen molar-refractivity contribution in [3.05, 3.63) is 29.8 Å². The Morgan fingerprint density at radius 2 is 2.09 bits per heavy atom. The van der Waals surface area contributed by atoms with E-state index < -0.39 is 5.54 Å². The first-order valence-corrected chi connectivity index (χ1v) is 7.45. The smallest absolute Gasteiger partial charge is 0.325 e. The molecule has 6 nitrogen and oxygen atoms in total. The zero-order chi connectivity index (χ0) is 15.7. The Hall–Kier alpha value is -2.08. The lowest BCUT2D eigenvalue weighted by Gasteiger charge is -2.23. The molecule has 1 N–H and O–H groups in total. The molecule has 0 aromatic heterocycles. The molecule has 2 unspecified atom stereocenters. The van der Waals surface area contributed by atoms with Gasteiger partial charge in [-0.25, -0.2) is 4.79 Å². The highest BCUT2D eigenvalue weighted by Gasteiger charge is 2.49. The average Bonchev–Trinajstić information content (AvgIpc) is 3.11. The molecule has 2 saturated heterocycles. The molecule has 2 aliphatic rings. The van der Waals surface area contributed by atoms with Gasteiger partial charge in [-0.3, -0.25) is 9.69 Å². The lowest BCUT2D eigenvalue weighted by molar-refractivity contribution is -0.132. The quantitative estimate of drug-likeness (QED) is 0.859. The number of amides is 3. The van der Waals surface area contributed by atoms with Gasteiger partial charge in [0.1, 0.15) is 11.3 Å². The largest absolute Gasteiger partial charge is 0.497 e. The second-order valence-corrected chi connectivity index (χ2v) is 5.83. The Labute approximate surface area is 129 Å². The summed E-state index contributed by atoms with van der Waals surface area (Å²) in [7, 11) is 1.59. The van der Waals surface area contributed by atoms with E-state index >= 15 is 0 Å². The van der Waals surface area contributed by atoms with E-state index in [2.05, 4.69) is 5.32 Å². The zero-order valence-electron chi connectivity index (χ0n) is 12.8. The number of rotatable bonds is 4. The minimum Gasteiger partial charge on any atom is -0.497 e. The van der Waals surface area contributed by atoms with Crippen LogP contribution >= 0.6 is 0 Å². The monoisotopic (exact) mass is 304 g/mol. The van der Waals surface area contributed by atoms with Crippen LogP contribution in [0.2, 0.25) is 0 Å². The predicted molar refractivity (Wildman–Crippen MR) is 79.6 cm³/mol. The van der Waals surface area contributed by atoms with E-state index in [0.29, 0.717) is 18.9 Å². The third kappa shape index (κ3) is 2.43. The Kier molecular flexibility index (Phi) is 3.78. The lowest BCUT2D eigenvalue weighted by atomic mass is 9.92. The summed E-state index contributed by atoms with van der Waals surface area (Å²) < 4.78 is 10.6. The van der Waals surface area contributed by atoms with Gasteiger partial charge < -0.3 is 14.8 Å². The van der Waals surface area contributed by atoms with Crippen LogP contribution in [-0.4, -0.2) is 43.2 Å². The van der Waals surface area contributed by atoms with Gasteiger partial charge in [-0.05, 0) is 37.5 Å². The van der Waals surface area contributed by atoms with E-state index in [-0.39, 0.29) is 18.0 Å². The van der Waals surface area contributed by atoms with Crippen LogP contribution in [0.4, 0.5) is 4.79 Å². The van der Waals surface area contributed by atoms with Crippen LogP contribution in [0.15, 0.2) is 24.3 Å². The van der Waals surface area contributed by atoms with Crippen LogP contribution in [0, 0.1) is 0 Å². The van der Waals surface area contributed by atoms with E-state index in [4.69, 9.17) is 9.47 Å². The number of carbonyl (C=O) groups excluding carboxylic acids is 2. The summed E-state index contributed by atoms with van der Waals surface area (Å²) in [6.07, 6.45) is 1.81. The van der Waals surface area contributed by atoms with Crippen LogP contribution in [0.5, 0.6) is 5.75 Å². The lowest BCUT2D eigenvalue weighted by Crippen LogP contribution is -2.41. The molecular weight excluding hydrogens is 284 g/mol. The Morgan fingerprint density at radius 3 is 2.68 bits per heavy atom. The third-order valence-corrected chi connectivity index (χ3v) is 4.35. The van der Waals surface area contributed by atoms with Gasteiger partial charge in [0.25, 0.3) is 5.91 Å². The molecule has 0 saturated carbocycles.